The van der Waals surface area contributed by atoms with Crippen LogP contribution in [-0.2, 0) is 9.84 Å². The first kappa shape index (κ1) is 11.5. The zero-order valence-corrected chi connectivity index (χ0v) is 9.31. The van der Waals surface area contributed by atoms with E-state index in [1.807, 2.05) is 6.92 Å². The molecule has 1 fully saturated rings. The van der Waals surface area contributed by atoms with E-state index < -0.39 is 9.84 Å². The molecular weight excluding hydrogens is 198 g/mol. The molecule has 80 valence electrons. The third kappa shape index (κ3) is 3.00. The minimum absolute atomic E-state index is 0.169. The molecule has 0 amide bonds. The first-order valence-electron chi connectivity index (χ1n) is 4.96. The summed E-state index contributed by atoms with van der Waals surface area (Å²) >= 11 is 0. The van der Waals surface area contributed by atoms with E-state index >= 15 is 0 Å². The summed E-state index contributed by atoms with van der Waals surface area (Å²) < 4.78 is 22.5. The van der Waals surface area contributed by atoms with Gasteiger partial charge in [-0.2, -0.15) is 0 Å². The molecular formula is C10H17NO2S. The Balaban J connectivity index is 2.58. The third-order valence-corrected chi connectivity index (χ3v) is 4.43. The summed E-state index contributed by atoms with van der Waals surface area (Å²) in [5, 5.41) is 3.26. The molecule has 2 atom stereocenters. The van der Waals surface area contributed by atoms with Crippen LogP contribution in [0.25, 0.3) is 0 Å². The van der Waals surface area contributed by atoms with Crippen molar-refractivity contribution in [3.8, 4) is 12.3 Å². The van der Waals surface area contributed by atoms with E-state index in [1.54, 1.807) is 0 Å². The summed E-state index contributed by atoms with van der Waals surface area (Å²) in [6.07, 6.45) is 6.63. The van der Waals surface area contributed by atoms with E-state index in [0.29, 0.717) is 17.9 Å². The zero-order chi connectivity index (χ0) is 10.6. The van der Waals surface area contributed by atoms with Crippen molar-refractivity contribution >= 4 is 9.84 Å². The summed E-state index contributed by atoms with van der Waals surface area (Å²) in [4.78, 5) is 0. The summed E-state index contributed by atoms with van der Waals surface area (Å²) in [7, 11) is -2.79. The summed E-state index contributed by atoms with van der Waals surface area (Å²) in [6.45, 7) is 2.84. The Morgan fingerprint density at radius 3 is 2.79 bits per heavy atom. The lowest BCUT2D eigenvalue weighted by Gasteiger charge is -2.20. The Labute approximate surface area is 86.2 Å². The second kappa shape index (κ2) is 4.81. The Morgan fingerprint density at radius 1 is 1.64 bits per heavy atom. The SMILES string of the molecule is C#CCC(NCC)C1CCS(=O)(=O)C1. The van der Waals surface area contributed by atoms with Crippen LogP contribution in [0, 0.1) is 18.3 Å². The Bertz CT molecular complexity index is 316. The largest absolute Gasteiger partial charge is 0.313 e. The number of nitrogens with one attached hydrogen (secondary N) is 1. The fourth-order valence-corrected chi connectivity index (χ4v) is 3.82. The Hall–Kier alpha value is -0.530. The smallest absolute Gasteiger partial charge is 0.150 e. The van der Waals surface area contributed by atoms with Crippen LogP contribution < -0.4 is 5.32 Å². The minimum Gasteiger partial charge on any atom is -0.313 e. The van der Waals surface area contributed by atoms with Crippen molar-refractivity contribution in [1.82, 2.24) is 5.32 Å². The van der Waals surface area contributed by atoms with Crippen molar-refractivity contribution < 1.29 is 8.42 Å². The maximum absolute atomic E-state index is 11.3. The molecule has 1 heterocycles. The molecule has 0 aromatic carbocycles. The second-order valence-electron chi connectivity index (χ2n) is 3.74. The second-order valence-corrected chi connectivity index (χ2v) is 5.96. The molecule has 0 aliphatic carbocycles. The topological polar surface area (TPSA) is 46.2 Å². The lowest BCUT2D eigenvalue weighted by atomic mass is 9.97. The molecule has 4 heteroatoms. The standard InChI is InChI=1S/C10H17NO2S/c1-3-5-10(11-4-2)9-6-7-14(12,13)8-9/h1,9-11H,4-8H2,2H3. The van der Waals surface area contributed by atoms with Crippen molar-refractivity contribution in [2.45, 2.75) is 25.8 Å². The van der Waals surface area contributed by atoms with Crippen LogP contribution in [-0.4, -0.2) is 32.5 Å². The molecule has 1 aliphatic heterocycles. The van der Waals surface area contributed by atoms with Crippen molar-refractivity contribution in [3.05, 3.63) is 0 Å². The maximum atomic E-state index is 11.3. The summed E-state index contributed by atoms with van der Waals surface area (Å²) in [5.41, 5.74) is 0. The lowest BCUT2D eigenvalue weighted by Crippen LogP contribution is -2.36. The van der Waals surface area contributed by atoms with Gasteiger partial charge in [-0.1, -0.05) is 6.92 Å². The quantitative estimate of drug-likeness (QED) is 0.691. The van der Waals surface area contributed by atoms with Gasteiger partial charge in [-0.25, -0.2) is 8.42 Å². The minimum atomic E-state index is -2.79. The van der Waals surface area contributed by atoms with E-state index in [4.69, 9.17) is 6.42 Å². The molecule has 1 N–H and O–H groups in total. The van der Waals surface area contributed by atoms with Gasteiger partial charge in [-0.3, -0.25) is 0 Å². The van der Waals surface area contributed by atoms with Crippen molar-refractivity contribution in [1.29, 1.82) is 0 Å². The van der Waals surface area contributed by atoms with E-state index in [2.05, 4.69) is 11.2 Å². The van der Waals surface area contributed by atoms with Crippen LogP contribution in [0.5, 0.6) is 0 Å². The van der Waals surface area contributed by atoms with Gasteiger partial charge in [0.2, 0.25) is 0 Å². The molecule has 1 aliphatic rings. The molecule has 3 nitrogen and oxygen atoms in total. The number of sulfone groups is 1. The molecule has 0 radical (unpaired) electrons. The highest BCUT2D eigenvalue weighted by molar-refractivity contribution is 7.91. The molecule has 14 heavy (non-hydrogen) atoms. The van der Waals surface area contributed by atoms with E-state index in [0.717, 1.165) is 13.0 Å². The molecule has 0 aromatic rings. The number of rotatable bonds is 4. The Kier molecular flexibility index (Phi) is 3.97. The fraction of sp³-hybridized carbons (Fsp3) is 0.800. The number of terminal acetylenes is 1. The fourth-order valence-electron chi connectivity index (χ4n) is 1.94. The lowest BCUT2D eigenvalue weighted by molar-refractivity contribution is 0.395. The zero-order valence-electron chi connectivity index (χ0n) is 8.49. The van der Waals surface area contributed by atoms with E-state index in [1.165, 1.54) is 0 Å². The third-order valence-electron chi connectivity index (χ3n) is 2.64. The van der Waals surface area contributed by atoms with Crippen molar-refractivity contribution in [2.24, 2.45) is 5.92 Å². The first-order chi connectivity index (χ1) is 6.59. The van der Waals surface area contributed by atoms with Gasteiger partial charge in [0.15, 0.2) is 9.84 Å². The normalized spacial score (nSPS) is 27.0. The number of hydrogen-bond acceptors (Lipinski definition) is 3. The van der Waals surface area contributed by atoms with E-state index in [9.17, 15) is 8.42 Å². The molecule has 0 bridgehead atoms. The van der Waals surface area contributed by atoms with Crippen LogP contribution in [0.3, 0.4) is 0 Å². The average Bonchev–Trinajstić information content (AvgIpc) is 2.46. The summed E-state index contributed by atoms with van der Waals surface area (Å²) in [5.74, 6) is 3.43. The van der Waals surface area contributed by atoms with Gasteiger partial charge in [0.05, 0.1) is 11.5 Å². The Morgan fingerprint density at radius 2 is 2.36 bits per heavy atom. The molecule has 2 unspecified atom stereocenters. The average molecular weight is 215 g/mol. The molecule has 0 aromatic heterocycles. The number of hydrogen-bond donors (Lipinski definition) is 1. The van der Waals surface area contributed by atoms with Crippen LogP contribution in [0.2, 0.25) is 0 Å². The maximum Gasteiger partial charge on any atom is 0.150 e. The predicted octanol–water partition coefficient (Wildman–Crippen LogP) is 0.422. The van der Waals surface area contributed by atoms with Gasteiger partial charge >= 0.3 is 0 Å². The van der Waals surface area contributed by atoms with Gasteiger partial charge in [0.1, 0.15) is 0 Å². The summed E-state index contributed by atoms with van der Waals surface area (Å²) in [6, 6.07) is 0.169. The van der Waals surface area contributed by atoms with E-state index in [-0.39, 0.29) is 12.0 Å². The van der Waals surface area contributed by atoms with Gasteiger partial charge in [0.25, 0.3) is 0 Å². The molecule has 1 rings (SSSR count). The van der Waals surface area contributed by atoms with Gasteiger partial charge in [-0.05, 0) is 18.9 Å². The van der Waals surface area contributed by atoms with Crippen molar-refractivity contribution in [2.75, 3.05) is 18.1 Å². The predicted molar refractivity (Wildman–Crippen MR) is 57.7 cm³/mol. The van der Waals surface area contributed by atoms with Gasteiger partial charge in [-0.15, -0.1) is 12.3 Å². The highest BCUT2D eigenvalue weighted by Crippen LogP contribution is 2.23. The van der Waals surface area contributed by atoms with Crippen LogP contribution >= 0.6 is 0 Å². The van der Waals surface area contributed by atoms with Crippen LogP contribution in [0.4, 0.5) is 0 Å². The van der Waals surface area contributed by atoms with Gasteiger partial charge < -0.3 is 5.32 Å². The monoisotopic (exact) mass is 215 g/mol. The van der Waals surface area contributed by atoms with Gasteiger partial charge in [0, 0.05) is 12.5 Å². The highest BCUT2D eigenvalue weighted by atomic mass is 32.2. The van der Waals surface area contributed by atoms with Crippen LogP contribution in [0.1, 0.15) is 19.8 Å². The van der Waals surface area contributed by atoms with Crippen LogP contribution in [0.15, 0.2) is 0 Å². The highest BCUT2D eigenvalue weighted by Gasteiger charge is 2.32. The first-order valence-corrected chi connectivity index (χ1v) is 6.78. The molecule has 0 saturated carbocycles. The molecule has 0 spiro atoms. The van der Waals surface area contributed by atoms with Crippen molar-refractivity contribution in [3.63, 3.8) is 0 Å². The molecule has 1 saturated heterocycles.